The molecule has 1 saturated heterocycles. The van der Waals surface area contributed by atoms with Gasteiger partial charge in [0.1, 0.15) is 11.3 Å². The van der Waals surface area contributed by atoms with Crippen LogP contribution in [-0.4, -0.2) is 24.5 Å². The van der Waals surface area contributed by atoms with Crippen LogP contribution in [0.15, 0.2) is 60.2 Å². The summed E-state index contributed by atoms with van der Waals surface area (Å²) in [6.45, 7) is 6.08. The zero-order valence-electron chi connectivity index (χ0n) is 20.0. The van der Waals surface area contributed by atoms with E-state index in [9.17, 15) is 14.4 Å². The van der Waals surface area contributed by atoms with E-state index in [-0.39, 0.29) is 5.57 Å². The molecule has 1 aliphatic heterocycles. The van der Waals surface area contributed by atoms with Crippen LogP contribution in [0.4, 0.5) is 10.5 Å². The monoisotopic (exact) mass is 614 g/mol. The van der Waals surface area contributed by atoms with Crippen LogP contribution in [0.1, 0.15) is 34.7 Å². The fraction of sp³-hybridized carbons (Fsp3) is 0.179. The number of nitrogens with one attached hydrogen (secondary N) is 1. The van der Waals surface area contributed by atoms with Crippen molar-refractivity contribution in [2.75, 3.05) is 11.5 Å². The van der Waals surface area contributed by atoms with Gasteiger partial charge in [0.15, 0.2) is 0 Å². The Balaban J connectivity index is 1.74. The van der Waals surface area contributed by atoms with Crippen molar-refractivity contribution in [1.82, 2.24) is 5.32 Å². The fourth-order valence-electron chi connectivity index (χ4n) is 4.10. The van der Waals surface area contributed by atoms with Gasteiger partial charge in [-0.15, -0.1) is 0 Å². The van der Waals surface area contributed by atoms with Crippen molar-refractivity contribution in [2.24, 2.45) is 0 Å². The number of ether oxygens (including phenoxy) is 1. The van der Waals surface area contributed by atoms with Gasteiger partial charge >= 0.3 is 6.03 Å². The van der Waals surface area contributed by atoms with E-state index < -0.39 is 17.8 Å². The van der Waals surface area contributed by atoms with Gasteiger partial charge in [-0.1, -0.05) is 47.5 Å². The molecule has 184 valence electrons. The molecule has 0 aliphatic carbocycles. The maximum absolute atomic E-state index is 13.4. The van der Waals surface area contributed by atoms with Crippen molar-refractivity contribution in [3.63, 3.8) is 0 Å². The summed E-state index contributed by atoms with van der Waals surface area (Å²) in [6, 6.07) is 15.9. The third-order valence-electron chi connectivity index (χ3n) is 5.81. The molecule has 1 fully saturated rings. The lowest BCUT2D eigenvalue weighted by Crippen LogP contribution is -2.54. The van der Waals surface area contributed by atoms with Crippen LogP contribution < -0.4 is 15.0 Å². The number of carbonyl (C=O) groups is 3. The van der Waals surface area contributed by atoms with Gasteiger partial charge < -0.3 is 4.74 Å². The third-order valence-corrected chi connectivity index (χ3v) is 7.14. The molecule has 1 aliphatic rings. The highest BCUT2D eigenvalue weighted by Crippen LogP contribution is 2.32. The quantitative estimate of drug-likeness (QED) is 0.203. The topological polar surface area (TPSA) is 75.7 Å². The molecule has 4 amide bonds. The van der Waals surface area contributed by atoms with E-state index in [1.165, 1.54) is 6.08 Å². The van der Waals surface area contributed by atoms with E-state index in [4.69, 9.17) is 16.3 Å². The molecule has 8 heteroatoms. The predicted octanol–water partition coefficient (Wildman–Crippen LogP) is 6.22. The Morgan fingerprint density at radius 2 is 1.81 bits per heavy atom. The molecule has 1 heterocycles. The first-order chi connectivity index (χ1) is 17.2. The van der Waals surface area contributed by atoms with Crippen LogP contribution in [0.2, 0.25) is 5.02 Å². The van der Waals surface area contributed by atoms with Crippen LogP contribution in [0.3, 0.4) is 0 Å². The Morgan fingerprint density at radius 1 is 1.06 bits per heavy atom. The highest BCUT2D eigenvalue weighted by molar-refractivity contribution is 14.1. The maximum atomic E-state index is 13.4. The smallest absolute Gasteiger partial charge is 0.335 e. The molecule has 0 saturated carbocycles. The van der Waals surface area contributed by atoms with Crippen molar-refractivity contribution in [1.29, 1.82) is 0 Å². The van der Waals surface area contributed by atoms with Crippen molar-refractivity contribution in [3.05, 3.63) is 96.6 Å². The zero-order chi connectivity index (χ0) is 26.0. The van der Waals surface area contributed by atoms with Gasteiger partial charge in [-0.3, -0.25) is 14.9 Å². The number of aryl methyl sites for hydroxylation is 2. The Morgan fingerprint density at radius 3 is 2.50 bits per heavy atom. The summed E-state index contributed by atoms with van der Waals surface area (Å²) in [5.41, 5.74) is 4.59. The van der Waals surface area contributed by atoms with Gasteiger partial charge in [0, 0.05) is 20.6 Å². The molecular weight excluding hydrogens is 591 g/mol. The molecule has 0 atom stereocenters. The van der Waals surface area contributed by atoms with E-state index in [0.717, 1.165) is 30.7 Å². The minimum absolute atomic E-state index is 0.133. The lowest BCUT2D eigenvalue weighted by molar-refractivity contribution is -0.122. The van der Waals surface area contributed by atoms with E-state index in [2.05, 4.69) is 27.9 Å². The molecule has 3 aromatic rings. The number of hydrogen-bond acceptors (Lipinski definition) is 4. The Kier molecular flexibility index (Phi) is 7.80. The average molecular weight is 615 g/mol. The molecule has 6 nitrogen and oxygen atoms in total. The van der Waals surface area contributed by atoms with E-state index in [0.29, 0.717) is 35.1 Å². The van der Waals surface area contributed by atoms with E-state index in [1.807, 2.05) is 63.2 Å². The number of anilines is 1. The number of urea groups is 1. The van der Waals surface area contributed by atoms with Crippen LogP contribution in [0.25, 0.3) is 6.08 Å². The first kappa shape index (κ1) is 25.9. The molecule has 0 bridgehead atoms. The van der Waals surface area contributed by atoms with Crippen LogP contribution in [0.5, 0.6) is 5.75 Å². The largest absolute Gasteiger partial charge is 0.494 e. The summed E-state index contributed by atoms with van der Waals surface area (Å²) in [4.78, 5) is 39.6. The highest BCUT2D eigenvalue weighted by Gasteiger charge is 2.37. The standard InChI is InChI=1S/C28H24ClIN2O4/c1-4-36-25-14-18(13-23(30)20(25)15-19-7-5-6-8-22(19)29)12-21-26(33)31-28(35)32(27(21)34)24-10-9-16(2)11-17(24)3/h5-14H,4,15H2,1-3H3,(H,31,33,35)/b21-12+. The first-order valence-corrected chi connectivity index (χ1v) is 12.8. The molecule has 0 unspecified atom stereocenters. The number of nitrogens with zero attached hydrogens (tertiary/aromatic N) is 1. The minimum Gasteiger partial charge on any atom is -0.494 e. The van der Waals surface area contributed by atoms with Gasteiger partial charge in [-0.2, -0.15) is 0 Å². The summed E-state index contributed by atoms with van der Waals surface area (Å²) in [5, 5.41) is 2.96. The fourth-order valence-corrected chi connectivity index (χ4v) is 5.12. The molecule has 1 N–H and O–H groups in total. The highest BCUT2D eigenvalue weighted by atomic mass is 127. The van der Waals surface area contributed by atoms with Gasteiger partial charge in [-0.25, -0.2) is 9.69 Å². The number of amides is 4. The van der Waals surface area contributed by atoms with Gasteiger partial charge in [0.2, 0.25) is 0 Å². The van der Waals surface area contributed by atoms with Crippen molar-refractivity contribution in [3.8, 4) is 5.75 Å². The number of hydrogen-bond donors (Lipinski definition) is 1. The van der Waals surface area contributed by atoms with Gasteiger partial charge in [0.25, 0.3) is 11.8 Å². The third kappa shape index (κ3) is 5.32. The number of benzene rings is 3. The molecule has 4 rings (SSSR count). The normalized spacial score (nSPS) is 14.9. The summed E-state index contributed by atoms with van der Waals surface area (Å²) in [6.07, 6.45) is 2.06. The molecule has 0 aromatic heterocycles. The van der Waals surface area contributed by atoms with Crippen molar-refractivity contribution >= 4 is 63.8 Å². The number of imide groups is 2. The number of halogens is 2. The Bertz CT molecular complexity index is 1420. The summed E-state index contributed by atoms with van der Waals surface area (Å²) >= 11 is 8.59. The van der Waals surface area contributed by atoms with Crippen molar-refractivity contribution < 1.29 is 19.1 Å². The van der Waals surface area contributed by atoms with E-state index in [1.54, 1.807) is 12.1 Å². The number of barbiturate groups is 1. The average Bonchev–Trinajstić information content (AvgIpc) is 2.81. The molecule has 3 aromatic carbocycles. The second-order valence-electron chi connectivity index (χ2n) is 8.43. The minimum atomic E-state index is -0.770. The lowest BCUT2D eigenvalue weighted by atomic mass is 10.00. The molecule has 36 heavy (non-hydrogen) atoms. The summed E-state index contributed by atoms with van der Waals surface area (Å²) < 4.78 is 6.82. The summed E-state index contributed by atoms with van der Waals surface area (Å²) in [5.74, 6) is -0.773. The molecule has 0 spiro atoms. The second-order valence-corrected chi connectivity index (χ2v) is 10.00. The van der Waals surface area contributed by atoms with Crippen molar-refractivity contribution in [2.45, 2.75) is 27.2 Å². The predicted molar refractivity (Wildman–Crippen MR) is 150 cm³/mol. The zero-order valence-corrected chi connectivity index (χ0v) is 22.9. The van der Waals surface area contributed by atoms with Crippen LogP contribution in [0, 0.1) is 17.4 Å². The first-order valence-electron chi connectivity index (χ1n) is 11.4. The number of rotatable bonds is 6. The van der Waals surface area contributed by atoms with Crippen LogP contribution in [-0.2, 0) is 16.0 Å². The number of carbonyl (C=O) groups excluding carboxylic acids is 3. The lowest BCUT2D eigenvalue weighted by Gasteiger charge is -2.27. The second kappa shape index (κ2) is 10.8. The van der Waals surface area contributed by atoms with Crippen LogP contribution >= 0.6 is 34.2 Å². The SMILES string of the molecule is CCOc1cc(/C=C2\C(=O)NC(=O)N(c3ccc(C)cc3C)C2=O)cc(I)c1Cc1ccccc1Cl. The molecular formula is C28H24ClIN2O4. The Hall–Kier alpha value is -3.17. The van der Waals surface area contributed by atoms with Gasteiger partial charge in [-0.05, 0) is 90.4 Å². The maximum Gasteiger partial charge on any atom is 0.335 e. The van der Waals surface area contributed by atoms with E-state index >= 15 is 0 Å². The Labute approximate surface area is 228 Å². The van der Waals surface area contributed by atoms with Gasteiger partial charge in [0.05, 0.1) is 12.3 Å². The molecule has 0 radical (unpaired) electrons. The summed E-state index contributed by atoms with van der Waals surface area (Å²) in [7, 11) is 0.